The molecule has 17 heavy (non-hydrogen) atoms. The zero-order valence-corrected chi connectivity index (χ0v) is 15.0. The molecule has 0 saturated carbocycles. The lowest BCUT2D eigenvalue weighted by atomic mass is 9.96. The van der Waals surface area contributed by atoms with Crippen molar-refractivity contribution in [3.63, 3.8) is 0 Å². The molecule has 0 unspecified atom stereocenters. The minimum atomic E-state index is 0.566. The molecule has 0 N–H and O–H groups in total. The van der Waals surface area contributed by atoms with Crippen LogP contribution in [-0.4, -0.2) is 25.9 Å². The van der Waals surface area contributed by atoms with E-state index in [1.165, 1.54) is 30.8 Å². The van der Waals surface area contributed by atoms with Crippen molar-refractivity contribution in [2.45, 2.75) is 75.2 Å². The highest BCUT2D eigenvalue weighted by atomic mass is 32.2. The van der Waals surface area contributed by atoms with Gasteiger partial charge in [-0.1, -0.05) is 41.5 Å². The SMILES string of the molecule is CC.CC1(C)CC2(CC(C)(C)P1)SCCCS2. The Kier molecular flexibility index (Phi) is 5.76. The van der Waals surface area contributed by atoms with E-state index in [0.717, 1.165) is 8.58 Å². The molecule has 0 aromatic heterocycles. The first kappa shape index (κ1) is 16.2. The molecule has 0 radical (unpaired) electrons. The Labute approximate surface area is 119 Å². The molecular formula is C14H29PS2. The van der Waals surface area contributed by atoms with Crippen molar-refractivity contribution in [2.24, 2.45) is 0 Å². The zero-order valence-electron chi connectivity index (χ0n) is 12.4. The molecule has 2 saturated heterocycles. The van der Waals surface area contributed by atoms with Gasteiger partial charge in [-0.3, -0.25) is 0 Å². The summed E-state index contributed by atoms with van der Waals surface area (Å²) in [5.74, 6) is 2.78. The highest BCUT2D eigenvalue weighted by Crippen LogP contribution is 2.63. The van der Waals surface area contributed by atoms with Crippen molar-refractivity contribution in [3.05, 3.63) is 0 Å². The maximum atomic E-state index is 2.48. The van der Waals surface area contributed by atoms with E-state index in [4.69, 9.17) is 0 Å². The molecule has 0 aromatic rings. The lowest BCUT2D eigenvalue weighted by Crippen LogP contribution is -2.44. The van der Waals surface area contributed by atoms with Crippen molar-refractivity contribution < 1.29 is 0 Å². The average molecular weight is 292 g/mol. The fourth-order valence-electron chi connectivity index (χ4n) is 3.23. The van der Waals surface area contributed by atoms with Gasteiger partial charge in [-0.25, -0.2) is 0 Å². The third-order valence-corrected chi connectivity index (χ3v) is 8.15. The zero-order chi connectivity index (χ0) is 13.2. The van der Waals surface area contributed by atoms with Crippen molar-refractivity contribution in [2.75, 3.05) is 11.5 Å². The summed E-state index contributed by atoms with van der Waals surface area (Å²) < 4.78 is 0.566. The summed E-state index contributed by atoms with van der Waals surface area (Å²) in [6.07, 6.45) is 4.27. The Morgan fingerprint density at radius 2 is 1.24 bits per heavy atom. The number of hydrogen-bond donors (Lipinski definition) is 0. The van der Waals surface area contributed by atoms with Gasteiger partial charge in [-0.05, 0) is 41.1 Å². The third-order valence-electron chi connectivity index (χ3n) is 3.12. The second kappa shape index (κ2) is 6.06. The summed E-state index contributed by atoms with van der Waals surface area (Å²) >= 11 is 4.52. The highest BCUT2D eigenvalue weighted by Gasteiger charge is 2.48. The lowest BCUT2D eigenvalue weighted by Gasteiger charge is -2.52. The van der Waals surface area contributed by atoms with Crippen LogP contribution in [0.1, 0.15) is 60.8 Å². The van der Waals surface area contributed by atoms with Crippen molar-refractivity contribution in [3.8, 4) is 0 Å². The molecule has 0 amide bonds. The first-order chi connectivity index (χ1) is 7.83. The van der Waals surface area contributed by atoms with Crippen LogP contribution in [0.15, 0.2) is 0 Å². The van der Waals surface area contributed by atoms with E-state index >= 15 is 0 Å². The molecule has 0 aromatic carbocycles. The molecule has 3 heteroatoms. The van der Waals surface area contributed by atoms with Crippen LogP contribution in [0.25, 0.3) is 0 Å². The van der Waals surface area contributed by atoms with Crippen LogP contribution < -0.4 is 0 Å². The summed E-state index contributed by atoms with van der Waals surface area (Å²) in [4.78, 5) is 0. The van der Waals surface area contributed by atoms with Crippen LogP contribution in [-0.2, 0) is 0 Å². The van der Waals surface area contributed by atoms with E-state index in [9.17, 15) is 0 Å². The summed E-state index contributed by atoms with van der Waals surface area (Å²) in [5, 5.41) is 1.14. The van der Waals surface area contributed by atoms with Crippen LogP contribution in [0.4, 0.5) is 0 Å². The van der Waals surface area contributed by atoms with E-state index in [2.05, 4.69) is 51.2 Å². The maximum Gasteiger partial charge on any atom is 0.0627 e. The van der Waals surface area contributed by atoms with Gasteiger partial charge in [0.25, 0.3) is 0 Å². The minimum absolute atomic E-state index is 0.566. The van der Waals surface area contributed by atoms with Crippen LogP contribution in [0, 0.1) is 0 Å². The largest absolute Gasteiger partial charge is 0.144 e. The van der Waals surface area contributed by atoms with Crippen molar-refractivity contribution in [1.29, 1.82) is 0 Å². The van der Waals surface area contributed by atoms with Gasteiger partial charge in [0.2, 0.25) is 0 Å². The third kappa shape index (κ3) is 4.62. The predicted octanol–water partition coefficient (Wildman–Crippen LogP) is 5.61. The first-order valence-corrected chi connectivity index (χ1v) is 9.87. The fourth-order valence-corrected chi connectivity index (χ4v) is 10.5. The number of rotatable bonds is 0. The summed E-state index contributed by atoms with van der Waals surface area (Å²) in [5.41, 5.74) is 0. The van der Waals surface area contributed by atoms with E-state index < -0.39 is 0 Å². The Balaban J connectivity index is 0.000000686. The number of hydrogen-bond acceptors (Lipinski definition) is 2. The molecular weight excluding hydrogens is 263 g/mol. The Bertz CT molecular complexity index is 225. The molecule has 0 nitrogen and oxygen atoms in total. The van der Waals surface area contributed by atoms with Gasteiger partial charge in [0, 0.05) is 0 Å². The van der Waals surface area contributed by atoms with Crippen LogP contribution >= 0.6 is 32.1 Å². The smallest absolute Gasteiger partial charge is 0.0627 e. The quantitative estimate of drug-likeness (QED) is 0.532. The van der Waals surface area contributed by atoms with Gasteiger partial charge in [-0.15, -0.1) is 32.1 Å². The van der Waals surface area contributed by atoms with Crippen LogP contribution in [0.3, 0.4) is 0 Å². The van der Waals surface area contributed by atoms with Gasteiger partial charge < -0.3 is 0 Å². The minimum Gasteiger partial charge on any atom is -0.144 e. The lowest BCUT2D eigenvalue weighted by molar-refractivity contribution is 0.463. The van der Waals surface area contributed by atoms with E-state index in [-0.39, 0.29) is 0 Å². The van der Waals surface area contributed by atoms with Gasteiger partial charge in [0.1, 0.15) is 0 Å². The van der Waals surface area contributed by atoms with Crippen LogP contribution in [0.2, 0.25) is 0 Å². The Morgan fingerprint density at radius 3 is 1.65 bits per heavy atom. The first-order valence-electron chi connectivity index (χ1n) is 6.90. The molecule has 0 aliphatic carbocycles. The highest BCUT2D eigenvalue weighted by molar-refractivity contribution is 8.18. The molecule has 2 heterocycles. The van der Waals surface area contributed by atoms with Gasteiger partial charge in [-0.2, -0.15) is 0 Å². The fraction of sp³-hybridized carbons (Fsp3) is 1.00. The summed E-state index contributed by atoms with van der Waals surface area (Å²) in [6, 6.07) is 0. The summed E-state index contributed by atoms with van der Waals surface area (Å²) in [6.45, 7) is 13.9. The number of thioether (sulfide) groups is 2. The molecule has 2 aliphatic heterocycles. The van der Waals surface area contributed by atoms with Crippen molar-refractivity contribution in [1.82, 2.24) is 0 Å². The average Bonchev–Trinajstić information content (AvgIpc) is 2.16. The second-order valence-electron chi connectivity index (χ2n) is 6.21. The Hall–Kier alpha value is 1.13. The van der Waals surface area contributed by atoms with E-state index in [0.29, 0.717) is 14.4 Å². The van der Waals surface area contributed by atoms with E-state index in [1.807, 2.05) is 13.8 Å². The second-order valence-corrected chi connectivity index (χ2v) is 12.4. The standard InChI is InChI=1S/C12H23PS2.C2H6/c1-10(2)8-12(9-11(3,4)13-10)14-6-5-7-15-12;1-2/h13H,5-9H2,1-4H3;1-2H3. The predicted molar refractivity (Wildman–Crippen MR) is 89.3 cm³/mol. The monoisotopic (exact) mass is 292 g/mol. The van der Waals surface area contributed by atoms with Gasteiger partial charge in [0.15, 0.2) is 0 Å². The molecule has 2 aliphatic rings. The van der Waals surface area contributed by atoms with E-state index in [1.54, 1.807) is 0 Å². The van der Waals surface area contributed by atoms with Crippen LogP contribution in [0.5, 0.6) is 0 Å². The molecule has 2 fully saturated rings. The van der Waals surface area contributed by atoms with Gasteiger partial charge in [0.05, 0.1) is 4.08 Å². The van der Waals surface area contributed by atoms with Gasteiger partial charge >= 0.3 is 0 Å². The molecule has 102 valence electrons. The molecule has 1 spiro atoms. The molecule has 2 rings (SSSR count). The molecule has 0 bridgehead atoms. The Morgan fingerprint density at radius 1 is 0.824 bits per heavy atom. The maximum absolute atomic E-state index is 2.48. The summed E-state index contributed by atoms with van der Waals surface area (Å²) in [7, 11) is 1.13. The topological polar surface area (TPSA) is 0 Å². The normalized spacial score (nSPS) is 29.3. The van der Waals surface area contributed by atoms with Crippen molar-refractivity contribution >= 4 is 32.1 Å². The molecule has 0 atom stereocenters.